The highest BCUT2D eigenvalue weighted by molar-refractivity contribution is 7.09. The molecule has 0 radical (unpaired) electrons. The van der Waals surface area contributed by atoms with E-state index in [1.807, 2.05) is 10.1 Å². The number of nitrogens with two attached hydrogens (primary N) is 1. The van der Waals surface area contributed by atoms with Crippen LogP contribution in [0.15, 0.2) is 11.6 Å². The van der Waals surface area contributed by atoms with Gasteiger partial charge in [0.15, 0.2) is 5.82 Å². The number of anilines is 1. The van der Waals surface area contributed by atoms with Gasteiger partial charge in [0.05, 0.1) is 12.2 Å². The van der Waals surface area contributed by atoms with Crippen molar-refractivity contribution in [2.45, 2.75) is 26.3 Å². The Morgan fingerprint density at radius 3 is 2.93 bits per heavy atom. The van der Waals surface area contributed by atoms with E-state index in [-0.39, 0.29) is 0 Å². The van der Waals surface area contributed by atoms with Crippen molar-refractivity contribution in [1.82, 2.24) is 20.0 Å². The summed E-state index contributed by atoms with van der Waals surface area (Å²) in [6, 6.07) is 0. The van der Waals surface area contributed by atoms with Gasteiger partial charge in [0.1, 0.15) is 5.01 Å². The summed E-state index contributed by atoms with van der Waals surface area (Å²) in [5, 5.41) is 10.9. The van der Waals surface area contributed by atoms with Gasteiger partial charge in [-0.05, 0) is 5.92 Å². The summed E-state index contributed by atoms with van der Waals surface area (Å²) in [6.07, 6.45) is 1.79. The van der Waals surface area contributed by atoms with Gasteiger partial charge in [0, 0.05) is 11.6 Å². The molecule has 0 aliphatic rings. The fourth-order valence-corrected chi connectivity index (χ4v) is 2.10. The summed E-state index contributed by atoms with van der Waals surface area (Å²) in [5.41, 5.74) is 6.74. The second-order valence-corrected chi connectivity index (χ2v) is 4.58. The highest BCUT2D eigenvalue weighted by Gasteiger charge is 2.14. The first kappa shape index (κ1) is 10.1. The second kappa shape index (κ2) is 3.98. The molecular formula is C9H13N5S. The number of nitrogen functional groups attached to an aromatic ring is 1. The summed E-state index contributed by atoms with van der Waals surface area (Å²) < 4.78 is 1.82. The van der Waals surface area contributed by atoms with Crippen molar-refractivity contribution in [3.8, 4) is 0 Å². The first-order chi connectivity index (χ1) is 7.18. The lowest BCUT2D eigenvalue weighted by Crippen LogP contribution is -2.08. The van der Waals surface area contributed by atoms with Gasteiger partial charge in [-0.15, -0.1) is 16.4 Å². The van der Waals surface area contributed by atoms with Gasteiger partial charge >= 0.3 is 0 Å². The molecular weight excluding hydrogens is 210 g/mol. The van der Waals surface area contributed by atoms with Gasteiger partial charge in [0.2, 0.25) is 0 Å². The van der Waals surface area contributed by atoms with Crippen LogP contribution in [-0.2, 0) is 6.54 Å². The third-order valence-corrected chi connectivity index (χ3v) is 2.88. The molecule has 0 unspecified atom stereocenters. The van der Waals surface area contributed by atoms with Crippen LogP contribution in [0, 0.1) is 0 Å². The smallest absolute Gasteiger partial charge is 0.169 e. The number of nitrogens with zero attached hydrogens (tertiary/aromatic N) is 4. The lowest BCUT2D eigenvalue weighted by atomic mass is 10.1. The minimum Gasteiger partial charge on any atom is -0.381 e. The maximum absolute atomic E-state index is 5.76. The van der Waals surface area contributed by atoms with Gasteiger partial charge in [-0.1, -0.05) is 19.1 Å². The predicted octanol–water partition coefficient (Wildman–Crippen LogP) is 1.49. The Labute approximate surface area is 91.9 Å². The predicted molar refractivity (Wildman–Crippen MR) is 59.7 cm³/mol. The van der Waals surface area contributed by atoms with Crippen molar-refractivity contribution in [1.29, 1.82) is 0 Å². The third-order valence-electron chi connectivity index (χ3n) is 2.12. The van der Waals surface area contributed by atoms with Crippen LogP contribution < -0.4 is 5.73 Å². The van der Waals surface area contributed by atoms with E-state index in [1.165, 1.54) is 0 Å². The van der Waals surface area contributed by atoms with Crippen LogP contribution in [0.25, 0.3) is 0 Å². The number of thiazole rings is 1. The van der Waals surface area contributed by atoms with Gasteiger partial charge in [-0.25, -0.2) is 9.67 Å². The molecule has 0 aromatic carbocycles. The molecule has 5 nitrogen and oxygen atoms in total. The van der Waals surface area contributed by atoms with Crippen LogP contribution in [0.1, 0.15) is 30.5 Å². The van der Waals surface area contributed by atoms with Crippen molar-refractivity contribution < 1.29 is 0 Å². The molecule has 0 amide bonds. The monoisotopic (exact) mass is 223 g/mol. The zero-order chi connectivity index (χ0) is 10.8. The zero-order valence-corrected chi connectivity index (χ0v) is 9.53. The molecule has 2 aromatic heterocycles. The van der Waals surface area contributed by atoms with E-state index in [0.29, 0.717) is 18.3 Å². The molecule has 2 rings (SSSR count). The minimum atomic E-state index is 0.319. The molecule has 80 valence electrons. The van der Waals surface area contributed by atoms with Crippen molar-refractivity contribution >= 4 is 17.2 Å². The Bertz CT molecular complexity index is 431. The van der Waals surface area contributed by atoms with E-state index in [4.69, 9.17) is 5.73 Å². The fraction of sp³-hybridized carbons (Fsp3) is 0.444. The molecule has 0 saturated heterocycles. The molecule has 2 aromatic rings. The summed E-state index contributed by atoms with van der Waals surface area (Å²) in [4.78, 5) is 4.21. The quantitative estimate of drug-likeness (QED) is 0.855. The molecule has 0 fully saturated rings. The molecule has 0 saturated carbocycles. The first-order valence-electron chi connectivity index (χ1n) is 4.75. The summed E-state index contributed by atoms with van der Waals surface area (Å²) >= 11 is 1.61. The molecule has 0 atom stereocenters. The molecule has 0 aliphatic heterocycles. The van der Waals surface area contributed by atoms with Gasteiger partial charge in [0.25, 0.3) is 0 Å². The van der Waals surface area contributed by atoms with E-state index in [9.17, 15) is 0 Å². The minimum absolute atomic E-state index is 0.319. The maximum Gasteiger partial charge on any atom is 0.169 e. The first-order valence-corrected chi connectivity index (χ1v) is 5.63. The van der Waals surface area contributed by atoms with E-state index >= 15 is 0 Å². The van der Waals surface area contributed by atoms with Crippen LogP contribution >= 0.6 is 11.3 Å². The molecule has 0 bridgehead atoms. The van der Waals surface area contributed by atoms with E-state index in [1.54, 1.807) is 17.5 Å². The Morgan fingerprint density at radius 2 is 2.33 bits per heavy atom. The lowest BCUT2D eigenvalue weighted by Gasteiger charge is -2.07. The SMILES string of the molecule is CC(C)c1c(N)nnn1Cc1nccs1. The largest absolute Gasteiger partial charge is 0.381 e. The standard InChI is InChI=1S/C9H13N5S/c1-6(2)8-9(10)12-13-14(8)5-7-11-3-4-15-7/h3-4,6H,5,10H2,1-2H3. The Kier molecular flexibility index (Phi) is 2.68. The van der Waals surface area contributed by atoms with Crippen molar-refractivity contribution in [2.75, 3.05) is 5.73 Å². The molecule has 2 heterocycles. The molecule has 0 aliphatic carbocycles. The third kappa shape index (κ3) is 1.99. The average molecular weight is 223 g/mol. The van der Waals surface area contributed by atoms with Crippen LogP contribution in [0.5, 0.6) is 0 Å². The van der Waals surface area contributed by atoms with Crippen molar-refractivity contribution in [3.05, 3.63) is 22.3 Å². The van der Waals surface area contributed by atoms with E-state index in [2.05, 4.69) is 29.1 Å². The lowest BCUT2D eigenvalue weighted by molar-refractivity contribution is 0.596. The molecule has 2 N–H and O–H groups in total. The Morgan fingerprint density at radius 1 is 1.53 bits per heavy atom. The van der Waals surface area contributed by atoms with Crippen LogP contribution in [0.3, 0.4) is 0 Å². The average Bonchev–Trinajstić information content (AvgIpc) is 2.76. The zero-order valence-electron chi connectivity index (χ0n) is 8.71. The number of hydrogen-bond acceptors (Lipinski definition) is 5. The van der Waals surface area contributed by atoms with Crippen LogP contribution in [0.4, 0.5) is 5.82 Å². The van der Waals surface area contributed by atoms with Crippen LogP contribution in [0.2, 0.25) is 0 Å². The van der Waals surface area contributed by atoms with Gasteiger partial charge < -0.3 is 5.73 Å². The van der Waals surface area contributed by atoms with Crippen molar-refractivity contribution in [3.63, 3.8) is 0 Å². The van der Waals surface area contributed by atoms with Crippen molar-refractivity contribution in [2.24, 2.45) is 0 Å². The number of aromatic nitrogens is 4. The number of hydrogen-bond donors (Lipinski definition) is 1. The Hall–Kier alpha value is -1.43. The second-order valence-electron chi connectivity index (χ2n) is 3.60. The number of rotatable bonds is 3. The fourth-order valence-electron chi connectivity index (χ4n) is 1.50. The molecule has 15 heavy (non-hydrogen) atoms. The van der Waals surface area contributed by atoms with E-state index < -0.39 is 0 Å². The maximum atomic E-state index is 5.76. The van der Waals surface area contributed by atoms with E-state index in [0.717, 1.165) is 10.7 Å². The molecule has 0 spiro atoms. The summed E-state index contributed by atoms with van der Waals surface area (Å²) in [5.74, 6) is 0.835. The highest BCUT2D eigenvalue weighted by atomic mass is 32.1. The normalized spacial score (nSPS) is 11.1. The van der Waals surface area contributed by atoms with Crippen LogP contribution in [-0.4, -0.2) is 20.0 Å². The van der Waals surface area contributed by atoms with Gasteiger partial charge in [-0.2, -0.15) is 0 Å². The topological polar surface area (TPSA) is 69.6 Å². The Balaban J connectivity index is 2.29. The summed E-state index contributed by atoms with van der Waals surface area (Å²) in [7, 11) is 0. The van der Waals surface area contributed by atoms with Gasteiger partial charge in [-0.3, -0.25) is 0 Å². The highest BCUT2D eigenvalue weighted by Crippen LogP contribution is 2.20. The molecule has 6 heteroatoms. The summed E-state index contributed by atoms with van der Waals surface area (Å²) in [6.45, 7) is 4.80.